The number of nitrogens with two attached hydrogens (primary N) is 3. The van der Waals surface area contributed by atoms with Crippen LogP contribution in [0, 0.1) is 5.82 Å². The number of carbonyl (C=O) groups is 1. The van der Waals surface area contributed by atoms with E-state index in [4.69, 9.17) is 21.9 Å². The van der Waals surface area contributed by atoms with Crippen LogP contribution in [-0.2, 0) is 11.0 Å². The first-order chi connectivity index (χ1) is 14.0. The van der Waals surface area contributed by atoms with Crippen molar-refractivity contribution in [3.63, 3.8) is 0 Å². The molecule has 2 rings (SSSR count). The Balaban J connectivity index is 2.70. The number of rotatable bonds is 6. The zero-order valence-corrected chi connectivity index (χ0v) is 16.4. The van der Waals surface area contributed by atoms with Crippen molar-refractivity contribution >= 4 is 17.3 Å². The van der Waals surface area contributed by atoms with Gasteiger partial charge in [-0.3, -0.25) is 4.79 Å². The van der Waals surface area contributed by atoms with Gasteiger partial charge >= 0.3 is 6.18 Å². The number of carbonyl (C=O) groups excluding carboxylic acids is 1. The van der Waals surface area contributed by atoms with Crippen LogP contribution in [0.3, 0.4) is 0 Å². The number of alkyl halides is 3. The Morgan fingerprint density at radius 2 is 1.83 bits per heavy atom. The smallest absolute Gasteiger partial charge is 0.417 e. The van der Waals surface area contributed by atoms with Gasteiger partial charge in [-0.05, 0) is 42.3 Å². The van der Waals surface area contributed by atoms with E-state index in [2.05, 4.69) is 5.32 Å². The lowest BCUT2D eigenvalue weighted by Crippen LogP contribution is -2.31. The topological polar surface area (TPSA) is 116 Å². The Morgan fingerprint density at radius 1 is 1.17 bits per heavy atom. The fraction of sp³-hybridized carbons (Fsp3) is 0.250. The molecule has 1 amide bonds. The summed E-state index contributed by atoms with van der Waals surface area (Å²) >= 11 is 0. The number of ether oxygens (including phenoxy) is 1. The van der Waals surface area contributed by atoms with Crippen molar-refractivity contribution in [1.29, 1.82) is 0 Å². The summed E-state index contributed by atoms with van der Waals surface area (Å²) in [6.07, 6.45) is -4.15. The molecule has 0 aliphatic rings. The third-order valence-electron chi connectivity index (χ3n) is 4.36. The molecule has 0 saturated heterocycles. The van der Waals surface area contributed by atoms with Gasteiger partial charge in [0.25, 0.3) is 5.91 Å². The highest BCUT2D eigenvalue weighted by Crippen LogP contribution is 2.43. The van der Waals surface area contributed by atoms with Crippen molar-refractivity contribution in [3.8, 4) is 16.9 Å². The minimum Gasteiger partial charge on any atom is -0.497 e. The lowest BCUT2D eigenvalue weighted by Gasteiger charge is -2.18. The Kier molecular flexibility index (Phi) is 6.81. The number of amides is 1. The monoisotopic (exact) mass is 426 g/mol. The second-order valence-electron chi connectivity index (χ2n) is 6.38. The number of benzene rings is 2. The normalized spacial score (nSPS) is 12.3. The molecule has 162 valence electrons. The molecule has 0 aliphatic heterocycles. The molecule has 2 aromatic rings. The number of hydrogen-bond acceptors (Lipinski definition) is 5. The molecule has 0 saturated carbocycles. The molecule has 0 aliphatic carbocycles. The highest BCUT2D eigenvalue weighted by molar-refractivity contribution is 6.01. The van der Waals surface area contributed by atoms with Gasteiger partial charge in [0.15, 0.2) is 0 Å². The fourth-order valence-corrected chi connectivity index (χ4v) is 2.81. The molecule has 0 spiro atoms. The van der Waals surface area contributed by atoms with Gasteiger partial charge in [0.2, 0.25) is 0 Å². The van der Waals surface area contributed by atoms with E-state index in [1.165, 1.54) is 13.2 Å². The van der Waals surface area contributed by atoms with Gasteiger partial charge in [0.05, 0.1) is 24.1 Å². The van der Waals surface area contributed by atoms with E-state index >= 15 is 0 Å². The van der Waals surface area contributed by atoms with Crippen molar-refractivity contribution in [1.82, 2.24) is 5.32 Å². The van der Waals surface area contributed by atoms with Crippen LogP contribution in [0.25, 0.3) is 16.8 Å². The van der Waals surface area contributed by atoms with Crippen LogP contribution in [0.5, 0.6) is 5.75 Å². The third kappa shape index (κ3) is 4.58. The molecular formula is C20H22F4N4O2. The average molecular weight is 426 g/mol. The molecule has 0 heterocycles. The van der Waals surface area contributed by atoms with Crippen LogP contribution in [-0.4, -0.2) is 19.6 Å². The highest BCUT2D eigenvalue weighted by atomic mass is 19.4. The second-order valence-corrected chi connectivity index (χ2v) is 6.38. The van der Waals surface area contributed by atoms with E-state index in [0.717, 1.165) is 24.3 Å². The van der Waals surface area contributed by atoms with Crippen LogP contribution >= 0.6 is 0 Å². The molecule has 6 nitrogen and oxygen atoms in total. The first-order valence-corrected chi connectivity index (χ1v) is 8.90. The van der Waals surface area contributed by atoms with Crippen LogP contribution in [0.15, 0.2) is 36.0 Å². The molecule has 0 atom stereocenters. The predicted octanol–water partition coefficient (Wildman–Crippen LogP) is 3.21. The van der Waals surface area contributed by atoms with Crippen molar-refractivity contribution in [2.24, 2.45) is 11.5 Å². The van der Waals surface area contributed by atoms with Gasteiger partial charge in [-0.1, -0.05) is 6.92 Å². The van der Waals surface area contributed by atoms with Crippen molar-refractivity contribution in [3.05, 3.63) is 53.0 Å². The van der Waals surface area contributed by atoms with Crippen molar-refractivity contribution in [2.45, 2.75) is 19.5 Å². The van der Waals surface area contributed by atoms with E-state index in [9.17, 15) is 22.4 Å². The second kappa shape index (κ2) is 8.93. The molecule has 30 heavy (non-hydrogen) atoms. The number of methoxy groups -OCH3 is 1. The van der Waals surface area contributed by atoms with Gasteiger partial charge in [-0.2, -0.15) is 13.2 Å². The Bertz CT molecular complexity index is 988. The zero-order valence-electron chi connectivity index (χ0n) is 16.4. The summed E-state index contributed by atoms with van der Waals surface area (Å²) in [5.74, 6) is -1.72. The van der Waals surface area contributed by atoms with E-state index < -0.39 is 34.6 Å². The van der Waals surface area contributed by atoms with E-state index in [1.54, 1.807) is 0 Å². The average Bonchev–Trinajstić information content (AvgIpc) is 2.70. The number of halogens is 4. The molecule has 0 radical (unpaired) electrons. The summed E-state index contributed by atoms with van der Waals surface area (Å²) in [6.45, 7) is 2.18. The molecule has 7 N–H and O–H groups in total. The summed E-state index contributed by atoms with van der Waals surface area (Å²) in [5, 5.41) is 2.52. The van der Waals surface area contributed by atoms with Crippen molar-refractivity contribution in [2.75, 3.05) is 19.4 Å². The fourth-order valence-electron chi connectivity index (χ4n) is 2.81. The van der Waals surface area contributed by atoms with E-state index in [1.807, 2.05) is 6.92 Å². The van der Waals surface area contributed by atoms with E-state index in [-0.39, 0.29) is 28.4 Å². The lowest BCUT2D eigenvalue weighted by atomic mass is 9.93. The van der Waals surface area contributed by atoms with Gasteiger partial charge in [-0.15, -0.1) is 0 Å². The Morgan fingerprint density at radius 3 is 2.40 bits per heavy atom. The minimum atomic E-state index is -4.81. The lowest BCUT2D eigenvalue weighted by molar-refractivity contribution is -0.137. The van der Waals surface area contributed by atoms with Crippen molar-refractivity contribution < 1.29 is 27.1 Å². The van der Waals surface area contributed by atoms with Crippen LogP contribution in [0.2, 0.25) is 0 Å². The first kappa shape index (κ1) is 22.9. The summed E-state index contributed by atoms with van der Waals surface area (Å²) < 4.78 is 60.2. The Hall–Kier alpha value is -3.43. The maximum atomic E-state index is 14.6. The molecule has 0 aromatic heterocycles. The van der Waals surface area contributed by atoms with Gasteiger partial charge in [0.1, 0.15) is 17.3 Å². The number of nitrogen functional groups attached to an aromatic ring is 1. The molecule has 0 bridgehead atoms. The number of hydrogen-bond donors (Lipinski definition) is 4. The SMILES string of the molecule is CCCNC(=O)/C(N)=C(\N)c1ccc(F)c(-c2ccc(OC)cc2C(F)(F)F)c1N. The first-order valence-electron chi connectivity index (χ1n) is 8.90. The number of nitrogens with one attached hydrogen (secondary N) is 1. The molecule has 10 heteroatoms. The third-order valence-corrected chi connectivity index (χ3v) is 4.36. The molecular weight excluding hydrogens is 404 g/mol. The molecule has 0 unspecified atom stereocenters. The van der Waals surface area contributed by atoms with E-state index in [0.29, 0.717) is 13.0 Å². The summed E-state index contributed by atoms with van der Waals surface area (Å²) in [7, 11) is 1.21. The molecule has 2 aromatic carbocycles. The van der Waals surface area contributed by atoms with Crippen LogP contribution in [0.1, 0.15) is 24.5 Å². The summed E-state index contributed by atoms with van der Waals surface area (Å²) in [6, 6.07) is 5.11. The summed E-state index contributed by atoms with van der Waals surface area (Å²) in [4.78, 5) is 12.1. The summed E-state index contributed by atoms with van der Waals surface area (Å²) in [5.41, 5.74) is 14.5. The largest absolute Gasteiger partial charge is 0.497 e. The van der Waals surface area contributed by atoms with Gasteiger partial charge < -0.3 is 27.3 Å². The van der Waals surface area contributed by atoms with Gasteiger partial charge in [-0.25, -0.2) is 4.39 Å². The standard InChI is InChI=1S/C20H22F4N4O2/c1-3-8-28-19(29)18(27)17(26)12-6-7-14(21)15(16(12)25)11-5-4-10(30-2)9-13(11)20(22,23)24/h4-7,9H,3,8,25-27H2,1-2H3,(H,28,29)/b18-17+. The Labute approximate surface area is 170 Å². The zero-order chi connectivity index (χ0) is 22.6. The van der Waals surface area contributed by atoms with Gasteiger partial charge in [0, 0.05) is 17.7 Å². The maximum absolute atomic E-state index is 14.6. The quantitative estimate of drug-likeness (QED) is 0.322. The van der Waals surface area contributed by atoms with Crippen LogP contribution < -0.4 is 27.3 Å². The highest BCUT2D eigenvalue weighted by Gasteiger charge is 2.35. The number of anilines is 1. The minimum absolute atomic E-state index is 0.0560. The van der Waals surface area contributed by atoms with Crippen LogP contribution in [0.4, 0.5) is 23.2 Å². The maximum Gasteiger partial charge on any atom is 0.417 e. The predicted molar refractivity (Wildman–Crippen MR) is 106 cm³/mol. The molecule has 0 fully saturated rings.